The highest BCUT2D eigenvalue weighted by molar-refractivity contribution is 5.97. The van der Waals surface area contributed by atoms with Gasteiger partial charge < -0.3 is 85.6 Å². The zero-order valence-corrected chi connectivity index (χ0v) is 47.5. The third-order valence-corrected chi connectivity index (χ3v) is 18.0. The average molecular weight is 1140 g/mol. The number of ether oxygens (including phenoxy) is 9. The van der Waals surface area contributed by atoms with Crippen LogP contribution in [0.2, 0.25) is 0 Å². The zero-order chi connectivity index (χ0) is 57.7. The second-order valence-corrected chi connectivity index (χ2v) is 24.4. The van der Waals surface area contributed by atoms with Crippen LogP contribution >= 0.6 is 0 Å². The van der Waals surface area contributed by atoms with Crippen LogP contribution < -0.4 is 32.7 Å². The number of aliphatic hydroxyl groups excluding tert-OH is 2. The number of amides is 5. The molecule has 10 N–H and O–H groups in total. The van der Waals surface area contributed by atoms with Crippen LogP contribution in [-0.2, 0) is 63.6 Å². The predicted octanol–water partition coefficient (Wildman–Crippen LogP) is 4.24. The molecule has 8 heterocycles. The number of anilines is 1. The first-order valence-corrected chi connectivity index (χ1v) is 29.5. The van der Waals surface area contributed by atoms with Crippen molar-refractivity contribution in [1.82, 2.24) is 16.0 Å². The van der Waals surface area contributed by atoms with Gasteiger partial charge in [0.1, 0.15) is 30.6 Å². The standard InChI is InChI=1S/C59H88N6O16/c1-30(2)51(60)56(70)65-42(8-7-19-62-57(61)71)55(69)64-35-11-9-34(10-12-35)29-74-58(72)63-28-37(67)24-48-52(73-6)41-23-36(66)22-39-14-16-45-54(77-39)50-26-49(78-45)53-43(68)27-59(80-50,81-53)18-17-40-21-32(4)44(75-40)15-13-38-20-31(3)33(5)46(76-38)25-47(41)79-48/h9-12,30-31,37-54,67-68H,4-5,7-8,13-29,60H2,1-3,6H3,(H,63,72)(H,64,69)(H,65,70)(H3,61,62,71)/t31-,37?,38+,39?,40?,41?,42?,43-,44+,45?,46?,47+,48-,49?,50?,51+,52-,53?,54+,59-/m1/s1. The lowest BCUT2D eigenvalue weighted by Crippen LogP contribution is -2.58. The number of urea groups is 1. The number of primary amides is 1. The summed E-state index contributed by atoms with van der Waals surface area (Å²) in [7, 11) is 1.59. The molecule has 0 aromatic heterocycles. The Hall–Kier alpha value is -4.59. The van der Waals surface area contributed by atoms with E-state index in [-0.39, 0.29) is 112 Å². The Bertz CT molecular complexity index is 2400. The zero-order valence-electron chi connectivity index (χ0n) is 47.5. The molecule has 22 nitrogen and oxygen atoms in total. The summed E-state index contributed by atoms with van der Waals surface area (Å²) < 4.78 is 59.0. The Kier molecular flexibility index (Phi) is 20.3. The number of methoxy groups -OCH3 is 1. The number of rotatable bonds is 16. The van der Waals surface area contributed by atoms with Gasteiger partial charge in [-0.1, -0.05) is 46.1 Å². The first kappa shape index (κ1) is 61.0. The highest BCUT2D eigenvalue weighted by atomic mass is 16.7. The number of benzene rings is 1. The molecule has 1 aromatic carbocycles. The summed E-state index contributed by atoms with van der Waals surface area (Å²) in [4.78, 5) is 64.6. The molecule has 8 fully saturated rings. The van der Waals surface area contributed by atoms with E-state index in [0.717, 1.165) is 36.8 Å². The monoisotopic (exact) mass is 1140 g/mol. The molecule has 0 saturated carbocycles. The second-order valence-electron chi connectivity index (χ2n) is 24.4. The van der Waals surface area contributed by atoms with Gasteiger partial charge in [-0.2, -0.15) is 0 Å². The van der Waals surface area contributed by atoms with Crippen LogP contribution in [-0.4, -0.2) is 170 Å². The lowest BCUT2D eigenvalue weighted by Gasteiger charge is -2.47. The maximum Gasteiger partial charge on any atom is 0.407 e. The number of carbonyl (C=O) groups is 5. The normalized spacial score (nSPS) is 37.0. The van der Waals surface area contributed by atoms with E-state index in [2.05, 4.69) is 41.3 Å². The van der Waals surface area contributed by atoms with E-state index in [9.17, 15) is 34.2 Å². The lowest BCUT2D eigenvalue weighted by molar-refractivity contribution is -0.277. The fourth-order valence-corrected chi connectivity index (χ4v) is 13.5. The van der Waals surface area contributed by atoms with Gasteiger partial charge in [0, 0.05) is 76.8 Å². The number of nitrogens with one attached hydrogen (secondary N) is 4. The average Bonchev–Trinajstić information content (AvgIpc) is 4.21. The number of fused-ring (bicyclic) bond motifs is 9. The van der Waals surface area contributed by atoms with Gasteiger partial charge in [-0.25, -0.2) is 9.59 Å². The minimum absolute atomic E-state index is 0.000137. The predicted molar refractivity (Wildman–Crippen MR) is 294 cm³/mol. The van der Waals surface area contributed by atoms with Gasteiger partial charge in [-0.15, -0.1) is 0 Å². The topological polar surface area (TPSA) is 309 Å². The Morgan fingerprint density at radius 3 is 2.33 bits per heavy atom. The molecule has 8 aliphatic heterocycles. The number of aliphatic hydroxyl groups is 2. The molecule has 0 aliphatic carbocycles. The number of Topliss-reactive ketones (excluding diaryl/α,β-unsaturated/α-hetero) is 1. The molecular formula is C59H88N6O16. The van der Waals surface area contributed by atoms with Crippen molar-refractivity contribution in [2.75, 3.05) is 25.5 Å². The molecule has 10 unspecified atom stereocenters. The molecule has 81 heavy (non-hydrogen) atoms. The minimum Gasteiger partial charge on any atom is -0.445 e. The maximum absolute atomic E-state index is 14.4. The molecular weight excluding hydrogens is 1050 g/mol. The first-order chi connectivity index (χ1) is 38.7. The first-order valence-electron chi connectivity index (χ1n) is 29.5. The third-order valence-electron chi connectivity index (χ3n) is 18.0. The highest BCUT2D eigenvalue weighted by Gasteiger charge is 2.60. The van der Waals surface area contributed by atoms with Crippen molar-refractivity contribution in [3.05, 3.63) is 54.1 Å². The number of ketones is 1. The van der Waals surface area contributed by atoms with E-state index in [1.54, 1.807) is 45.2 Å². The lowest BCUT2D eigenvalue weighted by atomic mass is 9.81. The largest absolute Gasteiger partial charge is 0.445 e. The molecule has 22 heteroatoms. The molecule has 8 saturated heterocycles. The molecule has 5 amide bonds. The number of alkyl carbamates (subject to hydrolysis) is 1. The van der Waals surface area contributed by atoms with Crippen LogP contribution in [0.5, 0.6) is 0 Å². The van der Waals surface area contributed by atoms with Crippen LogP contribution in [0.15, 0.2) is 48.6 Å². The molecule has 20 atom stereocenters. The number of carbonyl (C=O) groups excluding carboxylic acids is 5. The van der Waals surface area contributed by atoms with Crippen molar-refractivity contribution in [2.45, 2.75) is 240 Å². The van der Waals surface area contributed by atoms with Crippen molar-refractivity contribution in [2.24, 2.45) is 29.2 Å². The number of hydrogen-bond donors (Lipinski definition) is 8. The molecule has 10 bridgehead atoms. The van der Waals surface area contributed by atoms with Crippen molar-refractivity contribution in [3.63, 3.8) is 0 Å². The summed E-state index contributed by atoms with van der Waals surface area (Å²) in [6.07, 6.45) is 0.680. The molecule has 1 spiro atoms. The fraction of sp³-hybridized carbons (Fsp3) is 0.746. The van der Waals surface area contributed by atoms with Gasteiger partial charge >= 0.3 is 12.1 Å². The summed E-state index contributed by atoms with van der Waals surface area (Å²) in [6, 6.07) is 4.15. The van der Waals surface area contributed by atoms with E-state index in [1.807, 2.05) is 0 Å². The van der Waals surface area contributed by atoms with E-state index in [4.69, 9.17) is 54.1 Å². The van der Waals surface area contributed by atoms with Gasteiger partial charge in [0.15, 0.2) is 5.79 Å². The molecule has 9 rings (SSSR count). The SMILES string of the molecule is C=C1C2C[C@@H]3O[C@H](CC(O)CNC(=O)OCc4ccc(NC(=O)C(CCCNC(N)=O)NC(=O)[C@@H](N)C(C)C)cc4)[C@H](OC)C3CC(=O)CC3CCC4OC5CC(O[C@@]6(CCC7CC(=C)[C@H](CC[C@@H](C[C@H]1C)O2)O7)C[C@@H](O)C5O6)[C@H]4O3. The van der Waals surface area contributed by atoms with Crippen molar-refractivity contribution in [1.29, 1.82) is 0 Å². The minimum atomic E-state index is -1.07. The van der Waals surface area contributed by atoms with Crippen LogP contribution in [0.4, 0.5) is 15.3 Å². The Morgan fingerprint density at radius 1 is 0.827 bits per heavy atom. The number of hydrogen-bond acceptors (Lipinski definition) is 17. The maximum atomic E-state index is 14.4. The Labute approximate surface area is 475 Å². The van der Waals surface area contributed by atoms with Gasteiger partial charge in [0.2, 0.25) is 11.8 Å². The summed E-state index contributed by atoms with van der Waals surface area (Å²) in [5, 5.41) is 33.3. The molecule has 1 aromatic rings. The van der Waals surface area contributed by atoms with Gasteiger partial charge in [0.25, 0.3) is 0 Å². The molecule has 8 aliphatic rings. The van der Waals surface area contributed by atoms with Gasteiger partial charge in [0.05, 0.1) is 85.4 Å². The summed E-state index contributed by atoms with van der Waals surface area (Å²) >= 11 is 0. The van der Waals surface area contributed by atoms with Crippen LogP contribution in [0.1, 0.15) is 129 Å². The van der Waals surface area contributed by atoms with Gasteiger partial charge in [-0.05, 0) is 98.5 Å². The van der Waals surface area contributed by atoms with E-state index in [0.29, 0.717) is 62.6 Å². The summed E-state index contributed by atoms with van der Waals surface area (Å²) in [5.74, 6) is -2.36. The van der Waals surface area contributed by atoms with E-state index < -0.39 is 90.5 Å². The van der Waals surface area contributed by atoms with Crippen molar-refractivity contribution < 1.29 is 76.8 Å². The van der Waals surface area contributed by atoms with E-state index in [1.165, 1.54) is 0 Å². The second kappa shape index (κ2) is 27.0. The smallest absolute Gasteiger partial charge is 0.407 e. The third kappa shape index (κ3) is 15.2. The van der Waals surface area contributed by atoms with Crippen molar-refractivity contribution in [3.8, 4) is 0 Å². The fourth-order valence-electron chi connectivity index (χ4n) is 13.5. The van der Waals surface area contributed by atoms with Crippen molar-refractivity contribution >= 4 is 35.4 Å². The summed E-state index contributed by atoms with van der Waals surface area (Å²) in [6.45, 7) is 14.6. The number of nitrogens with two attached hydrogens (primary N) is 2. The molecule has 450 valence electrons. The quantitative estimate of drug-likeness (QED) is 0.0848. The highest BCUT2D eigenvalue weighted by Crippen LogP contribution is 2.49. The van der Waals surface area contributed by atoms with Crippen LogP contribution in [0, 0.1) is 17.8 Å². The van der Waals surface area contributed by atoms with Gasteiger partial charge in [-0.3, -0.25) is 14.4 Å². The molecule has 0 radical (unpaired) electrons. The van der Waals surface area contributed by atoms with E-state index >= 15 is 0 Å². The Morgan fingerprint density at radius 2 is 1.58 bits per heavy atom. The summed E-state index contributed by atoms with van der Waals surface area (Å²) in [5.41, 5.74) is 14.3. The van der Waals surface area contributed by atoms with Crippen LogP contribution in [0.3, 0.4) is 0 Å². The Balaban J connectivity index is 0.817. The van der Waals surface area contributed by atoms with Crippen LogP contribution in [0.25, 0.3) is 0 Å².